The summed E-state index contributed by atoms with van der Waals surface area (Å²) in [5.74, 6) is 0.746. The molecule has 0 saturated heterocycles. The summed E-state index contributed by atoms with van der Waals surface area (Å²) >= 11 is 5.95. The van der Waals surface area contributed by atoms with Crippen LogP contribution in [0.15, 0.2) is 24.4 Å². The fourth-order valence-electron chi connectivity index (χ4n) is 2.28. The van der Waals surface area contributed by atoms with E-state index >= 15 is 0 Å². The topological polar surface area (TPSA) is 93.4 Å². The van der Waals surface area contributed by atoms with Gasteiger partial charge in [-0.1, -0.05) is 11.6 Å². The van der Waals surface area contributed by atoms with Crippen LogP contribution in [0.1, 0.15) is 11.3 Å². The molecule has 0 spiro atoms. The molecule has 0 bridgehead atoms. The highest BCUT2D eigenvalue weighted by Crippen LogP contribution is 2.29. The number of nitrogens with one attached hydrogen (secondary N) is 1. The summed E-state index contributed by atoms with van der Waals surface area (Å²) in [5, 5.41) is 3.31. The van der Waals surface area contributed by atoms with E-state index in [4.69, 9.17) is 22.1 Å². The van der Waals surface area contributed by atoms with Gasteiger partial charge in [-0.2, -0.15) is 0 Å². The summed E-state index contributed by atoms with van der Waals surface area (Å²) in [7, 11) is 1.53. The number of methoxy groups -OCH3 is 1. The molecule has 0 atom stereocenters. The molecule has 1 aliphatic rings. The lowest BCUT2D eigenvalue weighted by Gasteiger charge is -2.17. The Kier molecular flexibility index (Phi) is 3.72. The quantitative estimate of drug-likeness (QED) is 0.885. The minimum atomic E-state index is -0.267. The van der Waals surface area contributed by atoms with Crippen LogP contribution < -0.4 is 15.8 Å². The minimum Gasteiger partial charge on any atom is -0.495 e. The van der Waals surface area contributed by atoms with E-state index in [0.717, 1.165) is 11.3 Å². The van der Waals surface area contributed by atoms with Crippen molar-refractivity contribution in [3.8, 4) is 5.75 Å². The van der Waals surface area contributed by atoms with E-state index in [0.29, 0.717) is 29.5 Å². The number of fused-ring (bicyclic) bond motifs is 1. The van der Waals surface area contributed by atoms with E-state index in [1.807, 2.05) is 0 Å². The van der Waals surface area contributed by atoms with Gasteiger partial charge in [-0.15, -0.1) is 0 Å². The van der Waals surface area contributed by atoms with Crippen molar-refractivity contribution < 1.29 is 9.53 Å². The number of nitrogens with zero attached hydrogens (tertiary/aromatic N) is 3. The Bertz CT molecular complexity index is 737. The fourth-order valence-corrected chi connectivity index (χ4v) is 2.46. The zero-order chi connectivity index (χ0) is 15.7. The predicted molar refractivity (Wildman–Crippen MR) is 82.7 cm³/mol. The van der Waals surface area contributed by atoms with Crippen molar-refractivity contribution in [3.05, 3.63) is 40.7 Å². The monoisotopic (exact) mass is 319 g/mol. The first-order chi connectivity index (χ1) is 10.6. The Labute approximate surface area is 132 Å². The maximum Gasteiger partial charge on any atom is 0.322 e. The summed E-state index contributed by atoms with van der Waals surface area (Å²) in [6.07, 6.45) is 1.64. The van der Waals surface area contributed by atoms with Crippen molar-refractivity contribution in [2.75, 3.05) is 18.2 Å². The number of hydrogen-bond donors (Lipinski definition) is 2. The smallest absolute Gasteiger partial charge is 0.322 e. The number of benzene rings is 1. The van der Waals surface area contributed by atoms with Crippen molar-refractivity contribution >= 4 is 29.3 Å². The number of amides is 2. The van der Waals surface area contributed by atoms with Gasteiger partial charge < -0.3 is 20.7 Å². The van der Waals surface area contributed by atoms with Crippen LogP contribution in [0.25, 0.3) is 0 Å². The number of aromatic nitrogens is 2. The van der Waals surface area contributed by atoms with Crippen LogP contribution in [0.2, 0.25) is 5.02 Å². The fraction of sp³-hybridized carbons (Fsp3) is 0.214. The summed E-state index contributed by atoms with van der Waals surface area (Å²) in [5.41, 5.74) is 7.73. The van der Waals surface area contributed by atoms with E-state index in [1.54, 1.807) is 29.3 Å². The van der Waals surface area contributed by atoms with Crippen LogP contribution in [0.4, 0.5) is 16.4 Å². The van der Waals surface area contributed by atoms with Crippen LogP contribution in [0.3, 0.4) is 0 Å². The van der Waals surface area contributed by atoms with Crippen molar-refractivity contribution in [1.82, 2.24) is 14.9 Å². The maximum absolute atomic E-state index is 12.4. The first kappa shape index (κ1) is 14.4. The molecule has 114 valence electrons. The Balaban J connectivity index is 1.75. The third-order valence-electron chi connectivity index (χ3n) is 3.37. The van der Waals surface area contributed by atoms with Crippen molar-refractivity contribution in [1.29, 1.82) is 0 Å². The van der Waals surface area contributed by atoms with E-state index in [1.165, 1.54) is 7.11 Å². The molecule has 1 aliphatic heterocycles. The highest BCUT2D eigenvalue weighted by molar-refractivity contribution is 6.31. The zero-order valence-electron chi connectivity index (χ0n) is 11.8. The van der Waals surface area contributed by atoms with Crippen LogP contribution >= 0.6 is 11.6 Å². The second-order valence-electron chi connectivity index (χ2n) is 4.83. The SMILES string of the molecule is COc1ccc(Cl)cc1NC(=O)N1Cc2cnc(N)nc2C1. The van der Waals surface area contributed by atoms with E-state index in [-0.39, 0.29) is 12.0 Å². The number of anilines is 2. The summed E-state index contributed by atoms with van der Waals surface area (Å²) < 4.78 is 5.21. The molecule has 0 saturated carbocycles. The number of carbonyl (C=O) groups is 1. The van der Waals surface area contributed by atoms with Crippen LogP contribution in [0.5, 0.6) is 5.75 Å². The Hall–Kier alpha value is -2.54. The van der Waals surface area contributed by atoms with Gasteiger partial charge in [0, 0.05) is 16.8 Å². The Morgan fingerprint density at radius 3 is 3.05 bits per heavy atom. The van der Waals surface area contributed by atoms with Gasteiger partial charge in [0.2, 0.25) is 5.95 Å². The van der Waals surface area contributed by atoms with Gasteiger partial charge in [0.1, 0.15) is 5.75 Å². The van der Waals surface area contributed by atoms with Crippen molar-refractivity contribution in [2.24, 2.45) is 0 Å². The van der Waals surface area contributed by atoms with Crippen molar-refractivity contribution in [3.63, 3.8) is 0 Å². The highest BCUT2D eigenvalue weighted by Gasteiger charge is 2.25. The minimum absolute atomic E-state index is 0.206. The average Bonchev–Trinajstić information content (AvgIpc) is 2.90. The van der Waals surface area contributed by atoms with Crippen LogP contribution in [-0.2, 0) is 13.1 Å². The molecule has 7 nitrogen and oxygen atoms in total. The lowest BCUT2D eigenvalue weighted by Crippen LogP contribution is -2.30. The number of halogens is 1. The molecule has 22 heavy (non-hydrogen) atoms. The summed E-state index contributed by atoms with van der Waals surface area (Å²) in [4.78, 5) is 22.1. The Morgan fingerprint density at radius 2 is 2.27 bits per heavy atom. The molecule has 0 aliphatic carbocycles. The molecular formula is C14H14ClN5O2. The largest absolute Gasteiger partial charge is 0.495 e. The van der Waals surface area contributed by atoms with Gasteiger partial charge in [0.15, 0.2) is 0 Å². The zero-order valence-corrected chi connectivity index (χ0v) is 12.6. The summed E-state index contributed by atoms with van der Waals surface area (Å²) in [6, 6.07) is 4.76. The molecule has 0 fully saturated rings. The normalized spacial score (nSPS) is 12.9. The molecule has 3 N–H and O–H groups in total. The van der Waals surface area contributed by atoms with Gasteiger partial charge in [-0.3, -0.25) is 0 Å². The standard InChI is InChI=1S/C14H14ClN5O2/c1-22-12-3-2-9(15)4-10(12)19-14(21)20-6-8-5-17-13(16)18-11(8)7-20/h2-5H,6-7H2,1H3,(H,19,21)(H2,16,17,18). The third-order valence-corrected chi connectivity index (χ3v) is 3.60. The molecule has 2 heterocycles. The highest BCUT2D eigenvalue weighted by atomic mass is 35.5. The van der Waals surface area contributed by atoms with E-state index in [9.17, 15) is 4.79 Å². The number of rotatable bonds is 2. The van der Waals surface area contributed by atoms with Gasteiger partial charge in [-0.05, 0) is 18.2 Å². The van der Waals surface area contributed by atoms with E-state index < -0.39 is 0 Å². The molecule has 2 amide bonds. The van der Waals surface area contributed by atoms with Crippen LogP contribution in [-0.4, -0.2) is 28.0 Å². The Morgan fingerprint density at radius 1 is 1.45 bits per heavy atom. The molecule has 3 rings (SSSR count). The number of urea groups is 1. The van der Waals surface area contributed by atoms with Gasteiger partial charge in [0.05, 0.1) is 31.6 Å². The number of nitrogens with two attached hydrogens (primary N) is 1. The van der Waals surface area contributed by atoms with Crippen molar-refractivity contribution in [2.45, 2.75) is 13.1 Å². The maximum atomic E-state index is 12.4. The molecular weight excluding hydrogens is 306 g/mol. The number of ether oxygens (including phenoxy) is 1. The molecule has 1 aromatic heterocycles. The first-order valence-electron chi connectivity index (χ1n) is 6.56. The second kappa shape index (κ2) is 5.69. The molecule has 8 heteroatoms. The van der Waals surface area contributed by atoms with Gasteiger partial charge >= 0.3 is 6.03 Å². The van der Waals surface area contributed by atoms with Crippen LogP contribution in [0, 0.1) is 0 Å². The second-order valence-corrected chi connectivity index (χ2v) is 5.27. The van der Waals surface area contributed by atoms with Gasteiger partial charge in [-0.25, -0.2) is 14.8 Å². The van der Waals surface area contributed by atoms with E-state index in [2.05, 4.69) is 15.3 Å². The average molecular weight is 320 g/mol. The number of nitrogen functional groups attached to an aromatic ring is 1. The predicted octanol–water partition coefficient (Wildman–Crippen LogP) is 2.27. The molecule has 0 unspecified atom stereocenters. The van der Waals surface area contributed by atoms with Gasteiger partial charge in [0.25, 0.3) is 0 Å². The first-order valence-corrected chi connectivity index (χ1v) is 6.94. The molecule has 0 radical (unpaired) electrons. The lowest BCUT2D eigenvalue weighted by atomic mass is 10.3. The molecule has 2 aromatic rings. The molecule has 1 aromatic carbocycles. The third kappa shape index (κ3) is 2.75. The summed E-state index contributed by atoms with van der Waals surface area (Å²) in [6.45, 7) is 0.821. The number of carbonyl (C=O) groups excluding carboxylic acids is 1. The number of hydrogen-bond acceptors (Lipinski definition) is 5. The lowest BCUT2D eigenvalue weighted by molar-refractivity contribution is 0.212.